The number of rotatable bonds is 6. The van der Waals surface area contributed by atoms with Gasteiger partial charge in [-0.15, -0.1) is 0 Å². The van der Waals surface area contributed by atoms with Crippen LogP contribution in [0.1, 0.15) is 22.8 Å². The van der Waals surface area contributed by atoms with Crippen molar-refractivity contribution in [3.63, 3.8) is 0 Å². The first-order valence-electron chi connectivity index (χ1n) is 9.83. The van der Waals surface area contributed by atoms with Crippen LogP contribution in [0.25, 0.3) is 12.2 Å². The summed E-state index contributed by atoms with van der Waals surface area (Å²) >= 11 is 0. The van der Waals surface area contributed by atoms with E-state index < -0.39 is 0 Å². The van der Waals surface area contributed by atoms with Gasteiger partial charge >= 0.3 is 0 Å². The third-order valence-electron chi connectivity index (χ3n) is 5.02. The summed E-state index contributed by atoms with van der Waals surface area (Å²) in [6.45, 7) is 4.46. The normalized spacial score (nSPS) is 14.9. The second-order valence-corrected chi connectivity index (χ2v) is 6.96. The van der Waals surface area contributed by atoms with Crippen molar-refractivity contribution in [2.75, 3.05) is 37.6 Å². The molecule has 6 heteroatoms. The Labute approximate surface area is 170 Å². The second-order valence-electron chi connectivity index (χ2n) is 6.96. The predicted octanol–water partition coefficient (Wildman–Crippen LogP) is 3.48. The molecule has 1 fully saturated rings. The van der Waals surface area contributed by atoms with Crippen molar-refractivity contribution in [3.05, 3.63) is 77.6 Å². The van der Waals surface area contributed by atoms with E-state index >= 15 is 0 Å². The Balaban J connectivity index is 1.36. The molecule has 0 atom stereocenters. The van der Waals surface area contributed by atoms with Gasteiger partial charge in [0, 0.05) is 57.1 Å². The molecular weight excluding hydrogens is 362 g/mol. The minimum Gasteiger partial charge on any atom is -0.420 e. The van der Waals surface area contributed by atoms with Gasteiger partial charge in [0.2, 0.25) is 17.5 Å². The van der Waals surface area contributed by atoms with Gasteiger partial charge in [-0.05, 0) is 23.8 Å². The van der Waals surface area contributed by atoms with Gasteiger partial charge in [-0.25, -0.2) is 0 Å². The first-order valence-corrected chi connectivity index (χ1v) is 9.83. The van der Waals surface area contributed by atoms with E-state index in [9.17, 15) is 5.26 Å². The van der Waals surface area contributed by atoms with E-state index in [1.807, 2.05) is 60.8 Å². The molecule has 0 radical (unpaired) electrons. The van der Waals surface area contributed by atoms with Gasteiger partial charge in [0.25, 0.3) is 0 Å². The molecule has 1 aliphatic rings. The molecule has 0 saturated carbocycles. The SMILES string of the molecule is N#Cc1nc(/C=C/c2ccccc2)oc1N1CCN(CCc2ccccn2)CC1. The fraction of sp³-hybridized carbons (Fsp3) is 0.261. The maximum atomic E-state index is 9.47. The summed E-state index contributed by atoms with van der Waals surface area (Å²) in [5.41, 5.74) is 2.53. The highest BCUT2D eigenvalue weighted by atomic mass is 16.4. The van der Waals surface area contributed by atoms with Gasteiger partial charge in [-0.3, -0.25) is 9.88 Å². The van der Waals surface area contributed by atoms with Crippen LogP contribution in [0.2, 0.25) is 0 Å². The Kier molecular flexibility index (Phi) is 5.98. The average Bonchev–Trinajstić information content (AvgIpc) is 3.21. The molecule has 0 unspecified atom stereocenters. The van der Waals surface area contributed by atoms with E-state index in [1.54, 1.807) is 0 Å². The maximum absolute atomic E-state index is 9.47. The number of hydrogen-bond donors (Lipinski definition) is 0. The lowest BCUT2D eigenvalue weighted by Gasteiger charge is -2.34. The molecule has 1 aliphatic heterocycles. The Morgan fingerprint density at radius 1 is 1.00 bits per heavy atom. The highest BCUT2D eigenvalue weighted by molar-refractivity contribution is 5.67. The quantitative estimate of drug-likeness (QED) is 0.647. The van der Waals surface area contributed by atoms with Crippen molar-refractivity contribution < 1.29 is 4.42 Å². The van der Waals surface area contributed by atoms with Gasteiger partial charge in [0.05, 0.1) is 0 Å². The number of piperazine rings is 1. The first-order chi connectivity index (χ1) is 14.3. The molecule has 1 aromatic carbocycles. The zero-order valence-electron chi connectivity index (χ0n) is 16.2. The zero-order chi connectivity index (χ0) is 19.9. The van der Waals surface area contributed by atoms with Crippen LogP contribution in [-0.2, 0) is 6.42 Å². The lowest BCUT2D eigenvalue weighted by atomic mass is 10.2. The minimum absolute atomic E-state index is 0.347. The topological polar surface area (TPSA) is 69.2 Å². The summed E-state index contributed by atoms with van der Waals surface area (Å²) in [5, 5.41) is 9.47. The number of anilines is 1. The Morgan fingerprint density at radius 3 is 2.52 bits per heavy atom. The van der Waals surface area contributed by atoms with Gasteiger partial charge in [-0.1, -0.05) is 36.4 Å². The van der Waals surface area contributed by atoms with Crippen LogP contribution in [0.5, 0.6) is 0 Å². The molecule has 0 amide bonds. The highest BCUT2D eigenvalue weighted by Gasteiger charge is 2.23. The summed E-state index contributed by atoms with van der Waals surface area (Å²) in [7, 11) is 0. The van der Waals surface area contributed by atoms with E-state index in [4.69, 9.17) is 4.42 Å². The third kappa shape index (κ3) is 4.89. The molecule has 1 saturated heterocycles. The molecule has 0 spiro atoms. The van der Waals surface area contributed by atoms with Crippen molar-refractivity contribution >= 4 is 18.0 Å². The summed E-state index contributed by atoms with van der Waals surface area (Å²) in [6, 6.07) is 18.2. The molecule has 4 rings (SSSR count). The van der Waals surface area contributed by atoms with E-state index in [-0.39, 0.29) is 0 Å². The number of hydrogen-bond acceptors (Lipinski definition) is 6. The summed E-state index contributed by atoms with van der Waals surface area (Å²) < 4.78 is 5.91. The van der Waals surface area contributed by atoms with Crippen LogP contribution < -0.4 is 4.90 Å². The van der Waals surface area contributed by atoms with Crippen LogP contribution in [0.4, 0.5) is 5.88 Å². The Hall–Kier alpha value is -3.43. The van der Waals surface area contributed by atoms with Crippen molar-refractivity contribution in [3.8, 4) is 6.07 Å². The number of nitrogens with zero attached hydrogens (tertiary/aromatic N) is 5. The largest absolute Gasteiger partial charge is 0.420 e. The lowest BCUT2D eigenvalue weighted by molar-refractivity contribution is 0.256. The van der Waals surface area contributed by atoms with Crippen molar-refractivity contribution in [1.29, 1.82) is 5.26 Å². The molecule has 2 aromatic heterocycles. The highest BCUT2D eigenvalue weighted by Crippen LogP contribution is 2.24. The Bertz CT molecular complexity index is 983. The molecular formula is C23H23N5O. The van der Waals surface area contributed by atoms with Gasteiger partial charge in [-0.2, -0.15) is 10.2 Å². The molecule has 0 aliphatic carbocycles. The second kappa shape index (κ2) is 9.18. The van der Waals surface area contributed by atoms with Crippen molar-refractivity contribution in [1.82, 2.24) is 14.9 Å². The van der Waals surface area contributed by atoms with E-state index in [0.717, 1.165) is 50.4 Å². The Morgan fingerprint density at radius 2 is 1.79 bits per heavy atom. The number of nitriles is 1. The molecule has 0 N–H and O–H groups in total. The van der Waals surface area contributed by atoms with Crippen LogP contribution in [0.3, 0.4) is 0 Å². The van der Waals surface area contributed by atoms with Gasteiger partial charge in [0.15, 0.2) is 0 Å². The smallest absolute Gasteiger partial charge is 0.235 e. The summed E-state index contributed by atoms with van der Waals surface area (Å²) in [6.07, 6.45) is 6.53. The van der Waals surface area contributed by atoms with Crippen molar-refractivity contribution in [2.24, 2.45) is 0 Å². The van der Waals surface area contributed by atoms with Crippen LogP contribution >= 0.6 is 0 Å². The van der Waals surface area contributed by atoms with Crippen LogP contribution in [-0.4, -0.2) is 47.6 Å². The first kappa shape index (κ1) is 18.9. The monoisotopic (exact) mass is 385 g/mol. The third-order valence-corrected chi connectivity index (χ3v) is 5.02. The minimum atomic E-state index is 0.347. The van der Waals surface area contributed by atoms with Crippen LogP contribution in [0, 0.1) is 11.3 Å². The van der Waals surface area contributed by atoms with Crippen molar-refractivity contribution in [2.45, 2.75) is 6.42 Å². The molecule has 0 bridgehead atoms. The molecule has 3 aromatic rings. The zero-order valence-corrected chi connectivity index (χ0v) is 16.2. The molecule has 29 heavy (non-hydrogen) atoms. The van der Waals surface area contributed by atoms with E-state index in [0.29, 0.717) is 17.5 Å². The number of benzene rings is 1. The molecule has 3 heterocycles. The number of aromatic nitrogens is 2. The standard InChI is InChI=1S/C23H23N5O/c24-18-21-23(29-22(26-21)10-9-19-6-2-1-3-7-19)28-16-14-27(15-17-28)13-11-20-8-4-5-12-25-20/h1-10,12H,11,13-17H2/b10-9+. The summed E-state index contributed by atoms with van der Waals surface area (Å²) in [5.74, 6) is 1.03. The maximum Gasteiger partial charge on any atom is 0.235 e. The number of pyridine rings is 1. The lowest BCUT2D eigenvalue weighted by Crippen LogP contribution is -2.47. The average molecular weight is 385 g/mol. The summed E-state index contributed by atoms with van der Waals surface area (Å²) in [4.78, 5) is 13.3. The van der Waals surface area contributed by atoms with Gasteiger partial charge < -0.3 is 9.32 Å². The fourth-order valence-corrected chi connectivity index (χ4v) is 3.41. The van der Waals surface area contributed by atoms with E-state index in [2.05, 4.69) is 31.9 Å². The predicted molar refractivity (Wildman–Crippen MR) is 113 cm³/mol. The molecule has 6 nitrogen and oxygen atoms in total. The van der Waals surface area contributed by atoms with Crippen LogP contribution in [0.15, 0.2) is 59.1 Å². The van der Waals surface area contributed by atoms with E-state index in [1.165, 1.54) is 0 Å². The molecule has 146 valence electrons. The fourth-order valence-electron chi connectivity index (χ4n) is 3.41. The number of oxazole rings is 1. The van der Waals surface area contributed by atoms with Gasteiger partial charge in [0.1, 0.15) is 6.07 Å².